The maximum Gasteiger partial charge on any atom is 0.0291 e. The van der Waals surface area contributed by atoms with Crippen molar-refractivity contribution in [1.29, 1.82) is 0 Å². The summed E-state index contributed by atoms with van der Waals surface area (Å²) in [4.78, 5) is 0. The first-order chi connectivity index (χ1) is 6.65. The molecule has 14 heavy (non-hydrogen) atoms. The van der Waals surface area contributed by atoms with Crippen LogP contribution in [0.2, 0.25) is 0 Å². The van der Waals surface area contributed by atoms with E-state index < -0.39 is 0 Å². The van der Waals surface area contributed by atoms with Gasteiger partial charge in [0.25, 0.3) is 0 Å². The van der Waals surface area contributed by atoms with Crippen LogP contribution in [-0.4, -0.2) is 6.54 Å². The molecule has 0 aliphatic carbocycles. The molecule has 1 aromatic carbocycles. The number of benzene rings is 1. The highest BCUT2D eigenvalue weighted by molar-refractivity contribution is 9.10. The van der Waals surface area contributed by atoms with Crippen molar-refractivity contribution in [3.63, 3.8) is 0 Å². The third kappa shape index (κ3) is 3.10. The van der Waals surface area contributed by atoms with Gasteiger partial charge in [0.15, 0.2) is 0 Å². The smallest absolute Gasteiger partial charge is 0.0291 e. The summed E-state index contributed by atoms with van der Waals surface area (Å²) in [7, 11) is 0. The second-order valence-electron chi connectivity index (χ2n) is 3.68. The number of hydrogen-bond donors (Lipinski definition) is 1. The Morgan fingerprint density at radius 1 is 1.43 bits per heavy atom. The third-order valence-electron chi connectivity index (χ3n) is 2.38. The van der Waals surface area contributed by atoms with E-state index in [1.54, 1.807) is 0 Å². The molecule has 78 valence electrons. The Morgan fingerprint density at radius 3 is 2.71 bits per heavy atom. The lowest BCUT2D eigenvalue weighted by Gasteiger charge is -2.14. The van der Waals surface area contributed by atoms with Crippen LogP contribution in [0.3, 0.4) is 0 Å². The number of nitrogens with one attached hydrogen (secondary N) is 1. The van der Waals surface area contributed by atoms with Crippen molar-refractivity contribution < 1.29 is 0 Å². The van der Waals surface area contributed by atoms with E-state index in [2.05, 4.69) is 60.2 Å². The zero-order valence-corrected chi connectivity index (χ0v) is 10.7. The molecule has 0 aromatic heterocycles. The van der Waals surface area contributed by atoms with Crippen LogP contribution in [0.25, 0.3) is 0 Å². The van der Waals surface area contributed by atoms with E-state index in [1.165, 1.54) is 22.0 Å². The van der Waals surface area contributed by atoms with Crippen LogP contribution >= 0.6 is 15.9 Å². The van der Waals surface area contributed by atoms with Gasteiger partial charge in [-0.2, -0.15) is 0 Å². The lowest BCUT2D eigenvalue weighted by atomic mass is 10.1. The van der Waals surface area contributed by atoms with E-state index >= 15 is 0 Å². The summed E-state index contributed by atoms with van der Waals surface area (Å²) in [6.07, 6.45) is 1.18. The fraction of sp³-hybridized carbons (Fsp3) is 0.500. The topological polar surface area (TPSA) is 12.0 Å². The van der Waals surface area contributed by atoms with Crippen molar-refractivity contribution in [3.05, 3.63) is 33.8 Å². The fourth-order valence-corrected chi connectivity index (χ4v) is 1.66. The van der Waals surface area contributed by atoms with Gasteiger partial charge in [-0.3, -0.25) is 0 Å². The summed E-state index contributed by atoms with van der Waals surface area (Å²) in [6, 6.07) is 6.97. The third-order valence-corrected chi connectivity index (χ3v) is 3.27. The summed E-state index contributed by atoms with van der Waals surface area (Å²) in [5, 5.41) is 3.48. The standard InChI is InChI=1S/C12H18BrN/c1-4-7-14-10(3)11-5-6-12(13)9(2)8-11/h5-6,8,10,14H,4,7H2,1-3H3. The minimum atomic E-state index is 0.446. The van der Waals surface area contributed by atoms with Crippen molar-refractivity contribution in [2.75, 3.05) is 6.54 Å². The molecule has 0 aliphatic rings. The Kier molecular flexibility index (Phi) is 4.63. The van der Waals surface area contributed by atoms with Crippen LogP contribution in [0.5, 0.6) is 0 Å². The number of halogens is 1. The minimum Gasteiger partial charge on any atom is -0.310 e. The van der Waals surface area contributed by atoms with Gasteiger partial charge in [0.2, 0.25) is 0 Å². The van der Waals surface area contributed by atoms with Gasteiger partial charge < -0.3 is 5.32 Å². The monoisotopic (exact) mass is 255 g/mol. The first-order valence-corrected chi connectivity index (χ1v) is 5.94. The minimum absolute atomic E-state index is 0.446. The molecule has 0 saturated heterocycles. The van der Waals surface area contributed by atoms with Crippen LogP contribution in [0.15, 0.2) is 22.7 Å². The van der Waals surface area contributed by atoms with E-state index in [0.29, 0.717) is 6.04 Å². The molecular weight excluding hydrogens is 238 g/mol. The van der Waals surface area contributed by atoms with Gasteiger partial charge in [-0.25, -0.2) is 0 Å². The molecule has 0 heterocycles. The zero-order chi connectivity index (χ0) is 10.6. The molecule has 1 unspecified atom stereocenters. The Hall–Kier alpha value is -0.340. The highest BCUT2D eigenvalue weighted by Gasteiger charge is 2.04. The van der Waals surface area contributed by atoms with Gasteiger partial charge >= 0.3 is 0 Å². The number of rotatable bonds is 4. The first-order valence-electron chi connectivity index (χ1n) is 5.14. The predicted octanol–water partition coefficient (Wildman–Crippen LogP) is 3.82. The maximum absolute atomic E-state index is 3.51. The summed E-state index contributed by atoms with van der Waals surface area (Å²) in [6.45, 7) is 7.60. The average molecular weight is 256 g/mol. The van der Waals surface area contributed by atoms with Crippen LogP contribution in [0, 0.1) is 6.92 Å². The van der Waals surface area contributed by atoms with Crippen molar-refractivity contribution in [1.82, 2.24) is 5.32 Å². The Morgan fingerprint density at radius 2 is 2.14 bits per heavy atom. The molecule has 0 aliphatic heterocycles. The summed E-state index contributed by atoms with van der Waals surface area (Å²) < 4.78 is 1.18. The normalized spacial score (nSPS) is 12.9. The second-order valence-corrected chi connectivity index (χ2v) is 4.54. The lowest BCUT2D eigenvalue weighted by Crippen LogP contribution is -2.19. The van der Waals surface area contributed by atoms with E-state index in [-0.39, 0.29) is 0 Å². The first kappa shape index (κ1) is 11.7. The van der Waals surface area contributed by atoms with Crippen LogP contribution in [0.1, 0.15) is 37.4 Å². The predicted molar refractivity (Wildman–Crippen MR) is 65.6 cm³/mol. The molecule has 0 bridgehead atoms. The van der Waals surface area contributed by atoms with Crippen LogP contribution < -0.4 is 5.32 Å². The SMILES string of the molecule is CCCNC(C)c1ccc(Br)c(C)c1. The van der Waals surface area contributed by atoms with E-state index in [0.717, 1.165) is 6.54 Å². The van der Waals surface area contributed by atoms with Gasteiger partial charge in [-0.05, 0) is 44.0 Å². The molecule has 1 atom stereocenters. The van der Waals surface area contributed by atoms with E-state index in [1.807, 2.05) is 0 Å². The second kappa shape index (κ2) is 5.52. The summed E-state index contributed by atoms with van der Waals surface area (Å²) >= 11 is 3.51. The Labute approximate surface area is 95.0 Å². The van der Waals surface area contributed by atoms with Gasteiger partial charge in [0.1, 0.15) is 0 Å². The lowest BCUT2D eigenvalue weighted by molar-refractivity contribution is 0.570. The van der Waals surface area contributed by atoms with Crippen LogP contribution in [-0.2, 0) is 0 Å². The highest BCUT2D eigenvalue weighted by Crippen LogP contribution is 2.20. The molecular formula is C12H18BrN. The average Bonchev–Trinajstić information content (AvgIpc) is 2.18. The molecule has 1 N–H and O–H groups in total. The molecule has 0 spiro atoms. The van der Waals surface area contributed by atoms with Crippen LogP contribution in [0.4, 0.5) is 0 Å². The van der Waals surface area contributed by atoms with E-state index in [4.69, 9.17) is 0 Å². The number of hydrogen-bond acceptors (Lipinski definition) is 1. The molecule has 0 radical (unpaired) electrons. The molecule has 1 aromatic rings. The van der Waals surface area contributed by atoms with Crippen molar-refractivity contribution in [2.24, 2.45) is 0 Å². The Bertz CT molecular complexity index is 296. The highest BCUT2D eigenvalue weighted by atomic mass is 79.9. The van der Waals surface area contributed by atoms with Gasteiger partial charge in [-0.1, -0.05) is 35.0 Å². The largest absolute Gasteiger partial charge is 0.310 e. The molecule has 0 fully saturated rings. The molecule has 2 heteroatoms. The molecule has 0 amide bonds. The maximum atomic E-state index is 3.51. The zero-order valence-electron chi connectivity index (χ0n) is 9.10. The van der Waals surface area contributed by atoms with Gasteiger partial charge in [0.05, 0.1) is 0 Å². The number of aryl methyl sites for hydroxylation is 1. The summed E-state index contributed by atoms with van der Waals surface area (Å²) in [5.74, 6) is 0. The molecule has 0 saturated carbocycles. The molecule has 1 nitrogen and oxygen atoms in total. The van der Waals surface area contributed by atoms with Crippen molar-refractivity contribution >= 4 is 15.9 Å². The Balaban J connectivity index is 2.70. The van der Waals surface area contributed by atoms with Gasteiger partial charge in [-0.15, -0.1) is 0 Å². The van der Waals surface area contributed by atoms with Crippen molar-refractivity contribution in [2.45, 2.75) is 33.2 Å². The quantitative estimate of drug-likeness (QED) is 0.863. The van der Waals surface area contributed by atoms with Gasteiger partial charge in [0, 0.05) is 10.5 Å². The molecule has 1 rings (SSSR count). The van der Waals surface area contributed by atoms with Crippen molar-refractivity contribution in [3.8, 4) is 0 Å². The van der Waals surface area contributed by atoms with E-state index in [9.17, 15) is 0 Å². The fourth-order valence-electron chi connectivity index (χ4n) is 1.42. The summed E-state index contributed by atoms with van der Waals surface area (Å²) in [5.41, 5.74) is 2.66.